The molecule has 0 unspecified atom stereocenters. The Bertz CT molecular complexity index is 984. The zero-order valence-corrected chi connectivity index (χ0v) is 16.6. The number of carbonyl (C=O) groups is 1. The number of benzene rings is 3. The zero-order valence-electron chi connectivity index (χ0n) is 16.6. The standard InChI is InChI=1S/C24H24N2O3/c1-18-8-6-13-23(19(18)2)29-17-24(27)26-25-15-21-11-7-12-22(14-21)28-16-20-9-4-3-5-10-20/h3-15H,16-17H2,1-2H3,(H,26,27). The summed E-state index contributed by atoms with van der Waals surface area (Å²) in [7, 11) is 0. The second-order valence-electron chi connectivity index (χ2n) is 6.63. The van der Waals surface area contributed by atoms with E-state index in [2.05, 4.69) is 10.5 Å². The molecule has 0 spiro atoms. The Hall–Kier alpha value is -3.60. The summed E-state index contributed by atoms with van der Waals surface area (Å²) < 4.78 is 11.4. The maximum absolute atomic E-state index is 12.0. The number of amides is 1. The highest BCUT2D eigenvalue weighted by Gasteiger charge is 2.05. The monoisotopic (exact) mass is 388 g/mol. The van der Waals surface area contributed by atoms with Gasteiger partial charge in [-0.3, -0.25) is 4.79 Å². The lowest BCUT2D eigenvalue weighted by atomic mass is 10.1. The molecule has 3 aromatic carbocycles. The van der Waals surface area contributed by atoms with Crippen LogP contribution in [0.2, 0.25) is 0 Å². The Balaban J connectivity index is 1.48. The number of carbonyl (C=O) groups excluding carboxylic acids is 1. The summed E-state index contributed by atoms with van der Waals surface area (Å²) in [6.07, 6.45) is 1.57. The Morgan fingerprint density at radius 3 is 2.59 bits per heavy atom. The van der Waals surface area contributed by atoms with Crippen molar-refractivity contribution in [1.82, 2.24) is 5.43 Å². The van der Waals surface area contributed by atoms with Gasteiger partial charge in [0, 0.05) is 0 Å². The number of aryl methyl sites for hydroxylation is 1. The highest BCUT2D eigenvalue weighted by Crippen LogP contribution is 2.20. The molecule has 148 valence electrons. The molecule has 1 amide bonds. The summed E-state index contributed by atoms with van der Waals surface area (Å²) >= 11 is 0. The highest BCUT2D eigenvalue weighted by molar-refractivity contribution is 5.83. The number of hydrogen-bond acceptors (Lipinski definition) is 4. The van der Waals surface area contributed by atoms with Crippen LogP contribution in [0.4, 0.5) is 0 Å². The summed E-state index contributed by atoms with van der Waals surface area (Å²) in [5.41, 5.74) is 6.55. The molecule has 0 aromatic heterocycles. The van der Waals surface area contributed by atoms with Crippen molar-refractivity contribution in [3.8, 4) is 11.5 Å². The van der Waals surface area contributed by atoms with Crippen LogP contribution in [0, 0.1) is 13.8 Å². The maximum Gasteiger partial charge on any atom is 0.277 e. The Morgan fingerprint density at radius 1 is 0.966 bits per heavy atom. The topological polar surface area (TPSA) is 59.9 Å². The predicted octanol–water partition coefficient (Wildman–Crippen LogP) is 4.41. The van der Waals surface area contributed by atoms with Crippen LogP contribution in [-0.2, 0) is 11.4 Å². The molecule has 0 saturated carbocycles. The third kappa shape index (κ3) is 6.21. The first-order valence-electron chi connectivity index (χ1n) is 9.39. The average Bonchev–Trinajstić information content (AvgIpc) is 2.74. The van der Waals surface area contributed by atoms with Crippen LogP contribution in [0.25, 0.3) is 0 Å². The molecule has 29 heavy (non-hydrogen) atoms. The van der Waals surface area contributed by atoms with Crippen LogP contribution in [-0.4, -0.2) is 18.7 Å². The van der Waals surface area contributed by atoms with Gasteiger partial charge in [-0.1, -0.05) is 54.6 Å². The van der Waals surface area contributed by atoms with E-state index in [1.165, 1.54) is 0 Å². The normalized spacial score (nSPS) is 10.7. The fourth-order valence-corrected chi connectivity index (χ4v) is 2.66. The van der Waals surface area contributed by atoms with Gasteiger partial charge in [-0.05, 0) is 54.3 Å². The lowest BCUT2D eigenvalue weighted by molar-refractivity contribution is -0.123. The van der Waals surface area contributed by atoms with Gasteiger partial charge in [0.25, 0.3) is 5.91 Å². The Labute approximate surface area is 171 Å². The minimum atomic E-state index is -0.321. The second kappa shape index (κ2) is 10.1. The number of nitrogens with one attached hydrogen (secondary N) is 1. The molecule has 3 aromatic rings. The van der Waals surface area contributed by atoms with E-state index in [1.54, 1.807) is 6.21 Å². The van der Waals surface area contributed by atoms with Crippen molar-refractivity contribution >= 4 is 12.1 Å². The van der Waals surface area contributed by atoms with Gasteiger partial charge in [0.1, 0.15) is 18.1 Å². The van der Waals surface area contributed by atoms with E-state index in [0.717, 1.165) is 28.0 Å². The molecule has 0 radical (unpaired) electrons. The van der Waals surface area contributed by atoms with Gasteiger partial charge in [0.05, 0.1) is 6.21 Å². The molecule has 5 heteroatoms. The van der Waals surface area contributed by atoms with Gasteiger partial charge >= 0.3 is 0 Å². The van der Waals surface area contributed by atoms with Crippen LogP contribution in [0.3, 0.4) is 0 Å². The molecule has 0 aliphatic rings. The van der Waals surface area contributed by atoms with Gasteiger partial charge in [-0.25, -0.2) is 5.43 Å². The van der Waals surface area contributed by atoms with E-state index < -0.39 is 0 Å². The van der Waals surface area contributed by atoms with Crippen molar-refractivity contribution in [3.63, 3.8) is 0 Å². The number of rotatable bonds is 8. The fraction of sp³-hybridized carbons (Fsp3) is 0.167. The van der Waals surface area contributed by atoms with E-state index in [9.17, 15) is 4.79 Å². The van der Waals surface area contributed by atoms with Gasteiger partial charge in [0.15, 0.2) is 6.61 Å². The lowest BCUT2D eigenvalue weighted by Crippen LogP contribution is -2.24. The Kier molecular flexibility index (Phi) is 7.00. The molecule has 1 N–H and O–H groups in total. The van der Waals surface area contributed by atoms with Crippen molar-refractivity contribution in [1.29, 1.82) is 0 Å². The summed E-state index contributed by atoms with van der Waals surface area (Å²) in [5.74, 6) is 1.12. The number of ether oxygens (including phenoxy) is 2. The molecule has 0 saturated heterocycles. The van der Waals surface area contributed by atoms with Crippen LogP contribution in [0.1, 0.15) is 22.3 Å². The van der Waals surface area contributed by atoms with Crippen molar-refractivity contribution in [2.24, 2.45) is 5.10 Å². The summed E-state index contributed by atoms with van der Waals surface area (Å²) in [5, 5.41) is 3.99. The summed E-state index contributed by atoms with van der Waals surface area (Å²) in [6.45, 7) is 4.37. The molecular weight excluding hydrogens is 364 g/mol. The third-order valence-corrected chi connectivity index (χ3v) is 4.42. The molecule has 0 bridgehead atoms. The van der Waals surface area contributed by atoms with E-state index in [4.69, 9.17) is 9.47 Å². The third-order valence-electron chi connectivity index (χ3n) is 4.42. The van der Waals surface area contributed by atoms with Gasteiger partial charge in [0.2, 0.25) is 0 Å². The molecular formula is C24H24N2O3. The number of hydrogen-bond donors (Lipinski definition) is 1. The van der Waals surface area contributed by atoms with Gasteiger partial charge in [-0.15, -0.1) is 0 Å². The summed E-state index contributed by atoms with van der Waals surface area (Å²) in [4.78, 5) is 12.0. The smallest absolute Gasteiger partial charge is 0.277 e. The fourth-order valence-electron chi connectivity index (χ4n) is 2.66. The maximum atomic E-state index is 12.0. The van der Waals surface area contributed by atoms with Crippen molar-refractivity contribution in [3.05, 3.63) is 95.1 Å². The molecule has 0 aliphatic carbocycles. The quantitative estimate of drug-likeness (QED) is 0.459. The van der Waals surface area contributed by atoms with Gasteiger partial charge < -0.3 is 9.47 Å². The van der Waals surface area contributed by atoms with E-state index in [1.807, 2.05) is 86.6 Å². The van der Waals surface area contributed by atoms with Crippen molar-refractivity contribution < 1.29 is 14.3 Å². The molecule has 0 atom stereocenters. The zero-order chi connectivity index (χ0) is 20.5. The molecule has 3 rings (SSSR count). The highest BCUT2D eigenvalue weighted by atomic mass is 16.5. The number of nitrogens with zero attached hydrogens (tertiary/aromatic N) is 1. The van der Waals surface area contributed by atoms with E-state index >= 15 is 0 Å². The second-order valence-corrected chi connectivity index (χ2v) is 6.63. The predicted molar refractivity (Wildman–Crippen MR) is 114 cm³/mol. The number of hydrazone groups is 1. The SMILES string of the molecule is Cc1cccc(OCC(=O)NN=Cc2cccc(OCc3ccccc3)c2)c1C. The lowest BCUT2D eigenvalue weighted by Gasteiger charge is -2.09. The Morgan fingerprint density at radius 2 is 1.76 bits per heavy atom. The summed E-state index contributed by atoms with van der Waals surface area (Å²) in [6, 6.07) is 23.2. The first-order chi connectivity index (χ1) is 14.1. The van der Waals surface area contributed by atoms with Crippen LogP contribution >= 0.6 is 0 Å². The molecule has 0 heterocycles. The average molecular weight is 388 g/mol. The molecule has 0 fully saturated rings. The van der Waals surface area contributed by atoms with Crippen molar-refractivity contribution in [2.75, 3.05) is 6.61 Å². The largest absolute Gasteiger partial charge is 0.489 e. The van der Waals surface area contributed by atoms with Crippen LogP contribution in [0.15, 0.2) is 77.9 Å². The first kappa shape index (κ1) is 20.1. The molecule has 0 aliphatic heterocycles. The van der Waals surface area contributed by atoms with E-state index in [-0.39, 0.29) is 12.5 Å². The minimum Gasteiger partial charge on any atom is -0.489 e. The van der Waals surface area contributed by atoms with Crippen LogP contribution in [0.5, 0.6) is 11.5 Å². The van der Waals surface area contributed by atoms with Crippen LogP contribution < -0.4 is 14.9 Å². The van der Waals surface area contributed by atoms with Crippen molar-refractivity contribution in [2.45, 2.75) is 20.5 Å². The first-order valence-corrected chi connectivity index (χ1v) is 9.39. The minimum absolute atomic E-state index is 0.0954. The van der Waals surface area contributed by atoms with Gasteiger partial charge in [-0.2, -0.15) is 5.10 Å². The molecule has 5 nitrogen and oxygen atoms in total. The van der Waals surface area contributed by atoms with E-state index in [0.29, 0.717) is 12.4 Å².